The maximum Gasteiger partial charge on any atom is 0.266 e. The van der Waals surface area contributed by atoms with E-state index >= 15 is 0 Å². The summed E-state index contributed by atoms with van der Waals surface area (Å²) in [4.78, 5) is 29.4. The van der Waals surface area contributed by atoms with Gasteiger partial charge in [-0.15, -0.1) is 0 Å². The molecule has 0 radical (unpaired) electrons. The molecular formula is C23H17FN2O2S. The van der Waals surface area contributed by atoms with Gasteiger partial charge in [0, 0.05) is 11.3 Å². The Morgan fingerprint density at radius 1 is 1.00 bits per heavy atom. The molecule has 0 bridgehead atoms. The van der Waals surface area contributed by atoms with Crippen molar-refractivity contribution in [2.45, 2.75) is 17.8 Å². The molecule has 0 saturated heterocycles. The molecule has 0 spiro atoms. The lowest BCUT2D eigenvalue weighted by Crippen LogP contribution is -2.21. The Bertz CT molecular complexity index is 1270. The molecule has 0 aliphatic rings. The third kappa shape index (κ3) is 3.84. The Morgan fingerprint density at radius 3 is 2.41 bits per heavy atom. The lowest BCUT2D eigenvalue weighted by Gasteiger charge is -2.13. The van der Waals surface area contributed by atoms with Crippen molar-refractivity contribution >= 4 is 28.4 Å². The van der Waals surface area contributed by atoms with E-state index < -0.39 is 0 Å². The number of Topliss-reactive ketones (excluding diaryl/α,β-unsaturated/α-hetero) is 1. The molecule has 4 aromatic rings. The van der Waals surface area contributed by atoms with E-state index in [2.05, 4.69) is 4.98 Å². The topological polar surface area (TPSA) is 52.0 Å². The molecule has 0 atom stereocenters. The van der Waals surface area contributed by atoms with Crippen molar-refractivity contribution < 1.29 is 9.18 Å². The van der Waals surface area contributed by atoms with Crippen LogP contribution in [0.4, 0.5) is 4.39 Å². The monoisotopic (exact) mass is 404 g/mol. The predicted molar refractivity (Wildman–Crippen MR) is 113 cm³/mol. The molecule has 29 heavy (non-hydrogen) atoms. The number of nitrogens with zero attached hydrogens (tertiary/aromatic N) is 2. The molecule has 6 heteroatoms. The van der Waals surface area contributed by atoms with E-state index in [0.717, 1.165) is 0 Å². The van der Waals surface area contributed by atoms with Crippen LogP contribution in [0.15, 0.2) is 82.7 Å². The summed E-state index contributed by atoms with van der Waals surface area (Å²) in [6, 6.07) is 20.5. The molecule has 144 valence electrons. The van der Waals surface area contributed by atoms with Crippen LogP contribution in [0.5, 0.6) is 0 Å². The van der Waals surface area contributed by atoms with Crippen LogP contribution >= 0.6 is 11.8 Å². The summed E-state index contributed by atoms with van der Waals surface area (Å²) in [7, 11) is 0. The molecular weight excluding hydrogens is 387 g/mol. The number of carbonyl (C=O) groups is 1. The van der Waals surface area contributed by atoms with Crippen LogP contribution in [0.25, 0.3) is 16.6 Å². The van der Waals surface area contributed by atoms with Crippen LogP contribution in [0.3, 0.4) is 0 Å². The summed E-state index contributed by atoms with van der Waals surface area (Å²) in [5.74, 6) is -0.00150. The summed E-state index contributed by atoms with van der Waals surface area (Å²) in [6.45, 7) is 1.49. The van der Waals surface area contributed by atoms with E-state index in [1.165, 1.54) is 29.3 Å². The Kier molecular flexibility index (Phi) is 5.27. The fourth-order valence-corrected chi connectivity index (χ4v) is 4.04. The second-order valence-corrected chi connectivity index (χ2v) is 7.48. The van der Waals surface area contributed by atoms with Gasteiger partial charge in [0.25, 0.3) is 5.56 Å². The first-order valence-electron chi connectivity index (χ1n) is 9.04. The van der Waals surface area contributed by atoms with Crippen LogP contribution in [0.1, 0.15) is 22.8 Å². The number of hydrogen-bond acceptors (Lipinski definition) is 4. The Labute approximate surface area is 171 Å². The number of hydrogen-bond donors (Lipinski definition) is 0. The number of carbonyl (C=O) groups excluding carboxylic acids is 1. The predicted octanol–water partition coefficient (Wildman–Crippen LogP) is 5.02. The highest BCUT2D eigenvalue weighted by Crippen LogP contribution is 2.25. The van der Waals surface area contributed by atoms with E-state index in [-0.39, 0.29) is 17.2 Å². The summed E-state index contributed by atoms with van der Waals surface area (Å²) in [6.07, 6.45) is 0. The van der Waals surface area contributed by atoms with E-state index in [0.29, 0.717) is 38.6 Å². The van der Waals surface area contributed by atoms with Crippen molar-refractivity contribution in [1.29, 1.82) is 0 Å². The van der Waals surface area contributed by atoms with Gasteiger partial charge in [0.15, 0.2) is 10.9 Å². The van der Waals surface area contributed by atoms with E-state index in [1.54, 1.807) is 60.7 Å². The van der Waals surface area contributed by atoms with Crippen molar-refractivity contribution in [2.24, 2.45) is 0 Å². The van der Waals surface area contributed by atoms with E-state index in [4.69, 9.17) is 0 Å². The fourth-order valence-electron chi connectivity index (χ4n) is 3.04. The zero-order valence-corrected chi connectivity index (χ0v) is 16.4. The van der Waals surface area contributed by atoms with Gasteiger partial charge in [0.1, 0.15) is 5.82 Å². The zero-order valence-electron chi connectivity index (χ0n) is 15.6. The van der Waals surface area contributed by atoms with Gasteiger partial charge in [-0.2, -0.15) is 0 Å². The lowest BCUT2D eigenvalue weighted by atomic mass is 10.1. The Balaban J connectivity index is 1.83. The van der Waals surface area contributed by atoms with Crippen molar-refractivity contribution in [1.82, 2.24) is 9.55 Å². The first kappa shape index (κ1) is 19.1. The van der Waals surface area contributed by atoms with Crippen LogP contribution in [0, 0.1) is 5.82 Å². The first-order valence-corrected chi connectivity index (χ1v) is 10.0. The van der Waals surface area contributed by atoms with Crippen molar-refractivity contribution in [2.75, 3.05) is 0 Å². The van der Waals surface area contributed by atoms with Gasteiger partial charge < -0.3 is 0 Å². The third-order valence-corrected chi connectivity index (χ3v) is 5.58. The third-order valence-electron chi connectivity index (χ3n) is 4.59. The second kappa shape index (κ2) is 8.01. The molecule has 1 aromatic heterocycles. The summed E-state index contributed by atoms with van der Waals surface area (Å²) in [5, 5.41) is 0.964. The minimum absolute atomic E-state index is 0.0466. The van der Waals surface area contributed by atoms with Gasteiger partial charge in [-0.3, -0.25) is 14.2 Å². The molecule has 1 heterocycles. The minimum Gasteiger partial charge on any atom is -0.295 e. The number of para-hydroxylation sites is 1. The van der Waals surface area contributed by atoms with Crippen LogP contribution in [0.2, 0.25) is 0 Å². The molecule has 0 saturated carbocycles. The zero-order chi connectivity index (χ0) is 20.4. The average Bonchev–Trinajstić information content (AvgIpc) is 2.73. The Hall–Kier alpha value is -3.25. The normalized spacial score (nSPS) is 11.0. The molecule has 4 rings (SSSR count). The molecule has 0 aliphatic heterocycles. The molecule has 3 aromatic carbocycles. The van der Waals surface area contributed by atoms with Gasteiger partial charge >= 0.3 is 0 Å². The minimum atomic E-state index is -0.291. The van der Waals surface area contributed by atoms with Crippen molar-refractivity contribution in [3.8, 4) is 5.69 Å². The van der Waals surface area contributed by atoms with Gasteiger partial charge in [-0.05, 0) is 55.0 Å². The number of fused-ring (bicyclic) bond motifs is 1. The van der Waals surface area contributed by atoms with Crippen LogP contribution in [-0.2, 0) is 5.75 Å². The number of thioether (sulfide) groups is 1. The molecule has 0 fully saturated rings. The van der Waals surface area contributed by atoms with Gasteiger partial charge in [-0.25, -0.2) is 9.37 Å². The quantitative estimate of drug-likeness (QED) is 0.266. The smallest absolute Gasteiger partial charge is 0.266 e. The SMILES string of the molecule is CC(=O)c1ccc(-n2c(SCc3ccccc3F)nc3ccccc3c2=O)cc1. The van der Waals surface area contributed by atoms with E-state index in [1.807, 2.05) is 6.07 Å². The van der Waals surface area contributed by atoms with Crippen LogP contribution < -0.4 is 5.56 Å². The maximum atomic E-state index is 14.0. The Morgan fingerprint density at radius 2 is 1.69 bits per heavy atom. The maximum absolute atomic E-state index is 14.0. The highest BCUT2D eigenvalue weighted by atomic mass is 32.2. The number of ketones is 1. The lowest BCUT2D eigenvalue weighted by molar-refractivity contribution is 0.101. The number of aromatic nitrogens is 2. The molecule has 0 aliphatic carbocycles. The molecule has 0 amide bonds. The highest BCUT2D eigenvalue weighted by molar-refractivity contribution is 7.98. The van der Waals surface area contributed by atoms with Crippen molar-refractivity contribution in [3.63, 3.8) is 0 Å². The van der Waals surface area contributed by atoms with Gasteiger partial charge in [0.2, 0.25) is 0 Å². The van der Waals surface area contributed by atoms with Gasteiger partial charge in [0.05, 0.1) is 16.6 Å². The summed E-state index contributed by atoms with van der Waals surface area (Å²) < 4.78 is 15.5. The largest absolute Gasteiger partial charge is 0.295 e. The molecule has 0 N–H and O–H groups in total. The fraction of sp³-hybridized carbons (Fsp3) is 0.0870. The summed E-state index contributed by atoms with van der Waals surface area (Å²) in [5.41, 5.74) is 2.09. The highest BCUT2D eigenvalue weighted by Gasteiger charge is 2.14. The van der Waals surface area contributed by atoms with Crippen LogP contribution in [-0.4, -0.2) is 15.3 Å². The van der Waals surface area contributed by atoms with Gasteiger partial charge in [-0.1, -0.05) is 42.1 Å². The second-order valence-electron chi connectivity index (χ2n) is 6.54. The standard InChI is InChI=1S/C23H17FN2O2S/c1-15(27)16-10-12-18(13-11-16)26-22(28)19-7-3-5-9-21(19)25-23(26)29-14-17-6-2-4-8-20(17)24/h2-13H,14H2,1H3. The molecule has 0 unspecified atom stereocenters. The number of rotatable bonds is 5. The molecule has 4 nitrogen and oxygen atoms in total. The average molecular weight is 404 g/mol. The first-order chi connectivity index (χ1) is 14.0. The summed E-state index contributed by atoms with van der Waals surface area (Å²) >= 11 is 1.29. The number of halogens is 1. The number of benzene rings is 3. The van der Waals surface area contributed by atoms with Crippen molar-refractivity contribution in [3.05, 3.63) is 100 Å². The van der Waals surface area contributed by atoms with E-state index in [9.17, 15) is 14.0 Å².